The molecule has 5 rings (SSSR count). The zero-order valence-electron chi connectivity index (χ0n) is 25.6. The van der Waals surface area contributed by atoms with Crippen LogP contribution in [-0.2, 0) is 0 Å². The number of halogens is 4. The van der Waals surface area contributed by atoms with Crippen LogP contribution in [0.4, 0.5) is 19.0 Å². The Kier molecular flexibility index (Phi) is 10.1. The monoisotopic (exact) mass is 711 g/mol. The van der Waals surface area contributed by atoms with Crippen LogP contribution in [0, 0.1) is 12.7 Å². The number of ketones is 1. The van der Waals surface area contributed by atoms with Gasteiger partial charge >= 0.3 is 21.2 Å². The number of anilines is 1. The van der Waals surface area contributed by atoms with Crippen LogP contribution in [0.25, 0.3) is 16.6 Å². The van der Waals surface area contributed by atoms with Gasteiger partial charge in [-0.15, -0.1) is 0 Å². The average Bonchev–Trinajstić information content (AvgIpc) is 3.58. The molecule has 3 aromatic heterocycles. The molecule has 0 spiro atoms. The van der Waals surface area contributed by atoms with Gasteiger partial charge in [0.1, 0.15) is 18.2 Å². The molecule has 0 radical (unpaired) electrons. The topological polar surface area (TPSA) is 135 Å². The molecule has 0 atom stereocenters. The number of carbonyl (C=O) groups is 1. The van der Waals surface area contributed by atoms with Gasteiger partial charge in [-0.3, -0.25) is 4.79 Å². The zero-order valence-corrected chi connectivity index (χ0v) is 27.2. The van der Waals surface area contributed by atoms with Gasteiger partial charge in [-0.25, -0.2) is 22.8 Å². The molecule has 0 aliphatic carbocycles. The number of carbonyl (C=O) groups excluding carboxylic acids is 1. The quantitative estimate of drug-likeness (QED) is 0.120. The second kappa shape index (κ2) is 13.9. The van der Waals surface area contributed by atoms with Crippen LogP contribution in [-0.4, -0.2) is 74.3 Å². The molecule has 0 fully saturated rings. The molecule has 5 aromatic rings. The molecule has 0 saturated carbocycles. The largest absolute Gasteiger partial charge is 0.486 e. The van der Waals surface area contributed by atoms with Gasteiger partial charge in [0.05, 0.1) is 33.8 Å². The van der Waals surface area contributed by atoms with Crippen molar-refractivity contribution in [3.8, 4) is 23.1 Å². The van der Waals surface area contributed by atoms with E-state index in [1.807, 2.05) is 0 Å². The van der Waals surface area contributed by atoms with Gasteiger partial charge in [-0.1, -0.05) is 12.1 Å². The third-order valence-corrected chi connectivity index (χ3v) is 7.86. The highest BCUT2D eigenvalue weighted by atomic mass is 79.9. The number of para-hydroxylation sites is 1. The third-order valence-electron chi connectivity index (χ3n) is 7.24. The van der Waals surface area contributed by atoms with Crippen molar-refractivity contribution >= 4 is 59.6 Å². The molecule has 0 saturated heterocycles. The van der Waals surface area contributed by atoms with E-state index in [0.717, 1.165) is 0 Å². The molecule has 18 heteroatoms. The van der Waals surface area contributed by atoms with Gasteiger partial charge in [0.15, 0.2) is 11.6 Å². The number of pyridine rings is 1. The number of aromatic nitrogens is 4. The Hall–Kier alpha value is -4.25. The molecule has 0 unspecified atom stereocenters. The van der Waals surface area contributed by atoms with E-state index in [1.165, 1.54) is 77.1 Å². The summed E-state index contributed by atoms with van der Waals surface area (Å²) in [5.41, 5.74) is 1.27. The molecular weight excluding hydrogens is 684 g/mol. The number of fused-ring (bicyclic) bond motifs is 1. The molecule has 2 aromatic carbocycles. The summed E-state index contributed by atoms with van der Waals surface area (Å²) in [6, 6.07) is 11.9. The van der Waals surface area contributed by atoms with Gasteiger partial charge in [0.2, 0.25) is 11.7 Å². The fourth-order valence-corrected chi connectivity index (χ4v) is 5.69. The highest BCUT2D eigenvalue weighted by Crippen LogP contribution is 2.36. The Morgan fingerprint density at radius 2 is 1.74 bits per heavy atom. The third kappa shape index (κ3) is 6.91. The molecule has 0 aliphatic rings. The summed E-state index contributed by atoms with van der Waals surface area (Å²) in [7, 11) is -3.81. The summed E-state index contributed by atoms with van der Waals surface area (Å²) in [4.78, 5) is 18.6. The maximum atomic E-state index is 14.3. The highest BCUT2D eigenvalue weighted by molar-refractivity contribution is 9.10. The van der Waals surface area contributed by atoms with Crippen LogP contribution in [0.1, 0.15) is 21.6 Å². The second-order valence-electron chi connectivity index (χ2n) is 10.7. The van der Waals surface area contributed by atoms with Crippen molar-refractivity contribution in [2.45, 2.75) is 33.8 Å². The standard InChI is InChI=1S/C29H28B3BrF3N5O6/c1-16-9-27(47-24-8-6-5-7-20(24)34)37-14-23(16)40-29(41(31(3)44)32(4)45)18(13-38-40)28(42)22-10-17-11-25(46-15-26(35)36)19(33)12-21(17)39(22)30(2)43/h5-14,26,43-45H,15H2,1-4H3. The van der Waals surface area contributed by atoms with Crippen LogP contribution < -0.4 is 14.2 Å². The maximum Gasteiger partial charge on any atom is 0.414 e. The van der Waals surface area contributed by atoms with Crippen LogP contribution in [0.5, 0.6) is 17.4 Å². The Morgan fingerprint density at radius 3 is 2.36 bits per heavy atom. The van der Waals surface area contributed by atoms with Gasteiger partial charge in [0.25, 0.3) is 6.43 Å². The number of hydrogen-bond acceptors (Lipinski definition) is 9. The summed E-state index contributed by atoms with van der Waals surface area (Å²) >= 11 is 3.31. The Morgan fingerprint density at radius 1 is 1.04 bits per heavy atom. The minimum Gasteiger partial charge on any atom is -0.486 e. The molecular formula is C29H28B3BrF3N5O6. The van der Waals surface area contributed by atoms with Gasteiger partial charge in [0, 0.05) is 17.0 Å². The lowest BCUT2D eigenvalue weighted by Crippen LogP contribution is -2.48. The minimum atomic E-state index is -2.70. The smallest absolute Gasteiger partial charge is 0.414 e. The first kappa shape index (κ1) is 34.1. The molecule has 0 amide bonds. The van der Waals surface area contributed by atoms with Crippen molar-refractivity contribution in [1.29, 1.82) is 0 Å². The van der Waals surface area contributed by atoms with E-state index in [-0.39, 0.29) is 34.5 Å². The number of aryl methyl sites for hydroxylation is 1. The average molecular weight is 712 g/mol. The summed E-state index contributed by atoms with van der Waals surface area (Å²) in [6.07, 6.45) is -0.0496. The fourth-order valence-electron chi connectivity index (χ4n) is 5.24. The first-order valence-electron chi connectivity index (χ1n) is 14.4. The van der Waals surface area contributed by atoms with E-state index in [4.69, 9.17) is 9.47 Å². The van der Waals surface area contributed by atoms with E-state index in [2.05, 4.69) is 26.0 Å². The molecule has 3 heterocycles. The molecule has 3 N–H and O–H groups in total. The van der Waals surface area contributed by atoms with Crippen molar-refractivity contribution < 1.29 is 42.5 Å². The summed E-state index contributed by atoms with van der Waals surface area (Å²) < 4.78 is 54.8. The number of ether oxygens (including phenoxy) is 2. The predicted molar refractivity (Wildman–Crippen MR) is 177 cm³/mol. The summed E-state index contributed by atoms with van der Waals surface area (Å²) in [6.45, 7) is 5.13. The molecule has 47 heavy (non-hydrogen) atoms. The molecule has 0 aliphatic heterocycles. The number of alkyl halides is 2. The van der Waals surface area contributed by atoms with E-state index in [1.54, 1.807) is 25.1 Å². The first-order valence-corrected chi connectivity index (χ1v) is 15.2. The fraction of sp³-hybridized carbons (Fsp3) is 0.207. The van der Waals surface area contributed by atoms with Gasteiger partial charge in [-0.05, 0) is 79.2 Å². The molecule has 0 bridgehead atoms. The number of rotatable bonds is 12. The molecule has 11 nitrogen and oxygen atoms in total. The van der Waals surface area contributed by atoms with E-state index < -0.39 is 45.8 Å². The van der Waals surface area contributed by atoms with Crippen molar-refractivity contribution in [3.63, 3.8) is 0 Å². The van der Waals surface area contributed by atoms with Crippen molar-refractivity contribution in [3.05, 3.63) is 88.0 Å². The SMILES string of the molecule is CB(O)N(B(C)O)c1c(C(=O)c2cc3cc(OCC(F)F)c(Br)cc3n2B(C)O)cnn1-c1cnc(Oc2ccccc2F)cc1C. The van der Waals surface area contributed by atoms with Crippen LogP contribution >= 0.6 is 15.9 Å². The van der Waals surface area contributed by atoms with Crippen molar-refractivity contribution in [2.75, 3.05) is 11.3 Å². The Balaban J connectivity index is 1.63. The van der Waals surface area contributed by atoms with E-state index >= 15 is 0 Å². The lowest BCUT2D eigenvalue weighted by molar-refractivity contribution is 0.0816. The van der Waals surface area contributed by atoms with Gasteiger partial charge in [-0.2, -0.15) is 5.10 Å². The van der Waals surface area contributed by atoms with Crippen LogP contribution in [0.15, 0.2) is 65.4 Å². The number of benzene rings is 2. The predicted octanol–water partition coefficient (Wildman–Crippen LogP) is 5.08. The Labute approximate surface area is 277 Å². The minimum absolute atomic E-state index is 0.00771. The lowest BCUT2D eigenvalue weighted by atomic mass is 9.69. The summed E-state index contributed by atoms with van der Waals surface area (Å²) in [5, 5.41) is 37.1. The number of hydrogen-bond donors (Lipinski definition) is 3. The van der Waals surface area contributed by atoms with Gasteiger partial charge < -0.3 is 33.7 Å². The van der Waals surface area contributed by atoms with E-state index in [0.29, 0.717) is 26.6 Å². The zero-order chi connectivity index (χ0) is 34.2. The van der Waals surface area contributed by atoms with Crippen LogP contribution in [0.2, 0.25) is 20.5 Å². The highest BCUT2D eigenvalue weighted by Gasteiger charge is 2.35. The summed E-state index contributed by atoms with van der Waals surface area (Å²) in [5.74, 6) is -1.01. The maximum absolute atomic E-state index is 14.3. The van der Waals surface area contributed by atoms with Crippen molar-refractivity contribution in [1.82, 2.24) is 19.2 Å². The van der Waals surface area contributed by atoms with E-state index in [9.17, 15) is 33.0 Å². The lowest BCUT2D eigenvalue weighted by Gasteiger charge is -2.28. The molecule has 242 valence electrons. The normalized spacial score (nSPS) is 11.2. The van der Waals surface area contributed by atoms with Crippen molar-refractivity contribution in [2.24, 2.45) is 0 Å². The van der Waals surface area contributed by atoms with Crippen LogP contribution in [0.3, 0.4) is 0 Å². The number of nitrogens with zero attached hydrogens (tertiary/aromatic N) is 5. The second-order valence-corrected chi connectivity index (χ2v) is 11.6. The first-order chi connectivity index (χ1) is 22.3. The Bertz CT molecular complexity index is 1930.